The number of hydrogen-bond donors (Lipinski definition) is 1. The highest BCUT2D eigenvalue weighted by Gasteiger charge is 2.17. The Kier molecular flexibility index (Phi) is 3.49. The second kappa shape index (κ2) is 5.06. The summed E-state index contributed by atoms with van der Waals surface area (Å²) in [7, 11) is 3.62. The van der Waals surface area contributed by atoms with Gasteiger partial charge in [0.1, 0.15) is 5.75 Å². The molecular formula is C14H17NO2. The molecular weight excluding hydrogens is 214 g/mol. The summed E-state index contributed by atoms with van der Waals surface area (Å²) in [5.41, 5.74) is 3.39. The first-order chi connectivity index (χ1) is 8.26. The maximum absolute atomic E-state index is 5.44. The molecule has 90 valence electrons. The summed E-state index contributed by atoms with van der Waals surface area (Å²) >= 11 is 0. The Labute approximate surface area is 101 Å². The van der Waals surface area contributed by atoms with Gasteiger partial charge in [-0.2, -0.15) is 0 Å². The molecule has 0 amide bonds. The third-order valence-corrected chi connectivity index (χ3v) is 2.87. The first-order valence-corrected chi connectivity index (χ1v) is 5.60. The topological polar surface area (TPSA) is 34.4 Å². The molecule has 0 radical (unpaired) electrons. The predicted octanol–water partition coefficient (Wildman–Crippen LogP) is 2.91. The van der Waals surface area contributed by atoms with Crippen LogP contribution in [0.1, 0.15) is 22.7 Å². The highest BCUT2D eigenvalue weighted by Crippen LogP contribution is 2.30. The van der Waals surface area contributed by atoms with Gasteiger partial charge in [-0.3, -0.25) is 0 Å². The summed E-state index contributed by atoms with van der Waals surface area (Å²) in [6.45, 7) is 2.05. The summed E-state index contributed by atoms with van der Waals surface area (Å²) in [6, 6.07) is 8.26. The lowest BCUT2D eigenvalue weighted by atomic mass is 9.99. The Bertz CT molecular complexity index is 477. The van der Waals surface area contributed by atoms with Crippen LogP contribution < -0.4 is 10.1 Å². The van der Waals surface area contributed by atoms with Crippen molar-refractivity contribution < 1.29 is 9.15 Å². The lowest BCUT2D eigenvalue weighted by Gasteiger charge is -2.18. The minimum atomic E-state index is 0.0873. The number of rotatable bonds is 4. The van der Waals surface area contributed by atoms with E-state index in [0.717, 1.165) is 16.9 Å². The zero-order valence-corrected chi connectivity index (χ0v) is 10.4. The van der Waals surface area contributed by atoms with E-state index in [9.17, 15) is 0 Å². The number of furan rings is 1. The van der Waals surface area contributed by atoms with E-state index in [1.54, 1.807) is 19.6 Å². The quantitative estimate of drug-likeness (QED) is 0.878. The fourth-order valence-electron chi connectivity index (χ4n) is 2.00. The van der Waals surface area contributed by atoms with Crippen molar-refractivity contribution in [3.8, 4) is 5.75 Å². The van der Waals surface area contributed by atoms with Crippen LogP contribution in [-0.4, -0.2) is 14.2 Å². The summed E-state index contributed by atoms with van der Waals surface area (Å²) < 4.78 is 10.6. The first kappa shape index (κ1) is 11.7. The van der Waals surface area contributed by atoms with Gasteiger partial charge in [-0.05, 0) is 31.7 Å². The van der Waals surface area contributed by atoms with Gasteiger partial charge in [-0.25, -0.2) is 0 Å². The van der Waals surface area contributed by atoms with Gasteiger partial charge in [0, 0.05) is 11.1 Å². The van der Waals surface area contributed by atoms with Crippen molar-refractivity contribution in [3.05, 3.63) is 53.5 Å². The molecule has 0 spiro atoms. The van der Waals surface area contributed by atoms with E-state index in [2.05, 4.69) is 24.4 Å². The largest absolute Gasteiger partial charge is 0.496 e. The molecule has 1 atom stereocenters. The smallest absolute Gasteiger partial charge is 0.124 e. The minimum absolute atomic E-state index is 0.0873. The SMILES string of the molecule is CNC(c1ccoc1)c1ccc(C)cc1OC. The van der Waals surface area contributed by atoms with Crippen LogP contribution in [0.2, 0.25) is 0 Å². The molecule has 0 aliphatic heterocycles. The normalized spacial score (nSPS) is 12.4. The lowest BCUT2D eigenvalue weighted by molar-refractivity contribution is 0.405. The van der Waals surface area contributed by atoms with Crippen LogP contribution in [0.5, 0.6) is 5.75 Å². The molecule has 3 nitrogen and oxygen atoms in total. The number of aryl methyl sites for hydroxylation is 1. The van der Waals surface area contributed by atoms with E-state index in [4.69, 9.17) is 9.15 Å². The summed E-state index contributed by atoms with van der Waals surface area (Å²) in [4.78, 5) is 0. The Hall–Kier alpha value is -1.74. The molecule has 2 rings (SSSR count). The van der Waals surface area contributed by atoms with Crippen molar-refractivity contribution in [2.24, 2.45) is 0 Å². The molecule has 1 unspecified atom stereocenters. The molecule has 0 fully saturated rings. The highest BCUT2D eigenvalue weighted by molar-refractivity contribution is 5.43. The number of hydrogen-bond acceptors (Lipinski definition) is 3. The van der Waals surface area contributed by atoms with E-state index >= 15 is 0 Å². The van der Waals surface area contributed by atoms with Crippen LogP contribution in [-0.2, 0) is 0 Å². The Morgan fingerprint density at radius 1 is 1.29 bits per heavy atom. The van der Waals surface area contributed by atoms with Crippen LogP contribution in [0.15, 0.2) is 41.2 Å². The zero-order valence-electron chi connectivity index (χ0n) is 10.4. The van der Waals surface area contributed by atoms with Crippen molar-refractivity contribution in [1.29, 1.82) is 0 Å². The van der Waals surface area contributed by atoms with E-state index < -0.39 is 0 Å². The average Bonchev–Trinajstić information content (AvgIpc) is 2.85. The molecule has 1 aromatic carbocycles. The van der Waals surface area contributed by atoms with Crippen LogP contribution >= 0.6 is 0 Å². The van der Waals surface area contributed by atoms with Gasteiger partial charge in [-0.15, -0.1) is 0 Å². The molecule has 0 aliphatic carbocycles. The predicted molar refractivity (Wildman–Crippen MR) is 67.3 cm³/mol. The number of benzene rings is 1. The van der Waals surface area contributed by atoms with Gasteiger partial charge in [0.15, 0.2) is 0 Å². The maximum atomic E-state index is 5.44. The van der Waals surface area contributed by atoms with E-state index in [1.165, 1.54) is 5.56 Å². The number of nitrogens with one attached hydrogen (secondary N) is 1. The molecule has 0 saturated heterocycles. The molecule has 17 heavy (non-hydrogen) atoms. The van der Waals surface area contributed by atoms with Crippen molar-refractivity contribution in [2.45, 2.75) is 13.0 Å². The monoisotopic (exact) mass is 231 g/mol. The van der Waals surface area contributed by atoms with Gasteiger partial charge in [0.2, 0.25) is 0 Å². The molecule has 1 N–H and O–H groups in total. The summed E-state index contributed by atoms with van der Waals surface area (Å²) in [5.74, 6) is 0.894. The molecule has 0 aliphatic rings. The fourth-order valence-corrected chi connectivity index (χ4v) is 2.00. The van der Waals surface area contributed by atoms with Crippen LogP contribution in [0, 0.1) is 6.92 Å². The van der Waals surface area contributed by atoms with Gasteiger partial charge in [-0.1, -0.05) is 12.1 Å². The van der Waals surface area contributed by atoms with Gasteiger partial charge in [0.25, 0.3) is 0 Å². The molecule has 2 aromatic rings. The fraction of sp³-hybridized carbons (Fsp3) is 0.286. The Morgan fingerprint density at radius 3 is 2.71 bits per heavy atom. The molecule has 1 aromatic heterocycles. The highest BCUT2D eigenvalue weighted by atomic mass is 16.5. The van der Waals surface area contributed by atoms with E-state index in [-0.39, 0.29) is 6.04 Å². The Balaban J connectivity index is 2.44. The van der Waals surface area contributed by atoms with Crippen LogP contribution in [0.3, 0.4) is 0 Å². The first-order valence-electron chi connectivity index (χ1n) is 5.60. The standard InChI is InChI=1S/C14H17NO2/c1-10-4-5-12(13(8-10)16-3)14(15-2)11-6-7-17-9-11/h4-9,14-15H,1-3H3. The zero-order chi connectivity index (χ0) is 12.3. The van der Waals surface area contributed by atoms with Crippen molar-refractivity contribution >= 4 is 0 Å². The van der Waals surface area contributed by atoms with Crippen molar-refractivity contribution in [2.75, 3.05) is 14.2 Å². The average molecular weight is 231 g/mol. The van der Waals surface area contributed by atoms with Crippen molar-refractivity contribution in [3.63, 3.8) is 0 Å². The molecule has 3 heteroatoms. The molecule has 0 bridgehead atoms. The Morgan fingerprint density at radius 2 is 2.12 bits per heavy atom. The number of methoxy groups -OCH3 is 1. The maximum Gasteiger partial charge on any atom is 0.124 e. The molecule has 1 heterocycles. The van der Waals surface area contributed by atoms with E-state index in [0.29, 0.717) is 0 Å². The van der Waals surface area contributed by atoms with Crippen LogP contribution in [0.4, 0.5) is 0 Å². The third-order valence-electron chi connectivity index (χ3n) is 2.87. The summed E-state index contributed by atoms with van der Waals surface area (Å²) in [5, 5.41) is 3.27. The van der Waals surface area contributed by atoms with Crippen molar-refractivity contribution in [1.82, 2.24) is 5.32 Å². The van der Waals surface area contributed by atoms with Gasteiger partial charge in [0.05, 0.1) is 25.7 Å². The molecule has 0 saturated carbocycles. The van der Waals surface area contributed by atoms with Gasteiger partial charge >= 0.3 is 0 Å². The third kappa shape index (κ3) is 2.34. The minimum Gasteiger partial charge on any atom is -0.496 e. The van der Waals surface area contributed by atoms with E-state index in [1.807, 2.05) is 19.2 Å². The van der Waals surface area contributed by atoms with Crippen LogP contribution in [0.25, 0.3) is 0 Å². The second-order valence-corrected chi connectivity index (χ2v) is 4.02. The number of ether oxygens (including phenoxy) is 1. The van der Waals surface area contributed by atoms with Gasteiger partial charge < -0.3 is 14.5 Å². The second-order valence-electron chi connectivity index (χ2n) is 4.02. The lowest BCUT2D eigenvalue weighted by Crippen LogP contribution is -2.17. The summed E-state index contributed by atoms with van der Waals surface area (Å²) in [6.07, 6.45) is 3.43.